The van der Waals surface area contributed by atoms with E-state index in [1.54, 1.807) is 0 Å². The lowest BCUT2D eigenvalue weighted by Gasteiger charge is -2.25. The molecule has 0 aliphatic heterocycles. The predicted octanol–water partition coefficient (Wildman–Crippen LogP) is 4.80. The zero-order valence-corrected chi connectivity index (χ0v) is 13.8. The van der Waals surface area contributed by atoms with Gasteiger partial charge in [-0.1, -0.05) is 19.3 Å². The highest BCUT2D eigenvalue weighted by molar-refractivity contribution is 7.11. The molecule has 3 rings (SSSR count). The molecule has 1 unspecified atom stereocenters. The van der Waals surface area contributed by atoms with Gasteiger partial charge in [-0.15, -0.1) is 11.3 Å². The van der Waals surface area contributed by atoms with Crippen molar-refractivity contribution in [2.45, 2.75) is 64.5 Å². The first-order valence-electron chi connectivity index (χ1n) is 8.07. The molecule has 1 aliphatic carbocycles. The predicted molar refractivity (Wildman–Crippen MR) is 90.2 cm³/mol. The van der Waals surface area contributed by atoms with Gasteiger partial charge >= 0.3 is 0 Å². The lowest BCUT2D eigenvalue weighted by Crippen LogP contribution is -2.25. The molecule has 1 atom stereocenters. The summed E-state index contributed by atoms with van der Waals surface area (Å²) >= 11 is 1.90. The minimum atomic E-state index is 0.441. The molecule has 114 valence electrons. The highest BCUT2D eigenvalue weighted by Crippen LogP contribution is 2.25. The van der Waals surface area contributed by atoms with Gasteiger partial charge in [-0.25, -0.2) is 4.98 Å². The van der Waals surface area contributed by atoms with Crippen LogP contribution in [-0.4, -0.2) is 15.6 Å². The van der Waals surface area contributed by atoms with Gasteiger partial charge in [0.2, 0.25) is 5.95 Å². The van der Waals surface area contributed by atoms with E-state index in [-0.39, 0.29) is 0 Å². The Morgan fingerprint density at radius 3 is 2.86 bits per heavy atom. The van der Waals surface area contributed by atoms with E-state index in [0.29, 0.717) is 12.1 Å². The maximum absolute atomic E-state index is 4.53. The number of nitrogens with one attached hydrogen (secondary N) is 1. The zero-order valence-electron chi connectivity index (χ0n) is 13.0. The van der Waals surface area contributed by atoms with E-state index >= 15 is 0 Å². The van der Waals surface area contributed by atoms with Gasteiger partial charge in [-0.3, -0.25) is 0 Å². The van der Waals surface area contributed by atoms with E-state index in [1.165, 1.54) is 41.9 Å². The van der Waals surface area contributed by atoms with Crippen molar-refractivity contribution in [1.82, 2.24) is 9.55 Å². The third-order valence-electron chi connectivity index (χ3n) is 4.37. The van der Waals surface area contributed by atoms with E-state index in [1.807, 2.05) is 17.5 Å². The Bertz CT molecular complexity index is 566. The molecular weight excluding hydrogens is 278 g/mol. The third kappa shape index (κ3) is 3.67. The summed E-state index contributed by atoms with van der Waals surface area (Å²) in [6.45, 7) is 4.45. The van der Waals surface area contributed by atoms with Crippen LogP contribution in [0.15, 0.2) is 24.5 Å². The van der Waals surface area contributed by atoms with E-state index in [0.717, 1.165) is 12.4 Å². The number of imidazole rings is 1. The van der Waals surface area contributed by atoms with Crippen LogP contribution in [0.5, 0.6) is 0 Å². The normalized spacial score (nSPS) is 17.8. The molecule has 0 saturated heterocycles. The Hall–Kier alpha value is -1.29. The van der Waals surface area contributed by atoms with E-state index < -0.39 is 0 Å². The smallest absolute Gasteiger partial charge is 0.203 e. The van der Waals surface area contributed by atoms with Gasteiger partial charge in [0.15, 0.2) is 0 Å². The highest BCUT2D eigenvalue weighted by atomic mass is 32.1. The van der Waals surface area contributed by atoms with Crippen LogP contribution in [0.1, 0.15) is 54.8 Å². The summed E-state index contributed by atoms with van der Waals surface area (Å²) in [6, 6.07) is 5.51. The largest absolute Gasteiger partial charge is 0.353 e. The number of hydrogen-bond acceptors (Lipinski definition) is 3. The molecule has 3 nitrogen and oxygen atoms in total. The molecule has 0 radical (unpaired) electrons. The number of hydrogen-bond donors (Lipinski definition) is 1. The summed E-state index contributed by atoms with van der Waals surface area (Å²) in [5.74, 6) is 1.04. The van der Waals surface area contributed by atoms with Crippen LogP contribution in [0.25, 0.3) is 0 Å². The minimum Gasteiger partial charge on any atom is -0.353 e. The summed E-state index contributed by atoms with van der Waals surface area (Å²) in [4.78, 5) is 7.38. The lowest BCUT2D eigenvalue weighted by molar-refractivity contribution is 0.455. The molecule has 4 heteroatoms. The van der Waals surface area contributed by atoms with Crippen molar-refractivity contribution in [3.05, 3.63) is 34.3 Å². The molecule has 0 aromatic carbocycles. The van der Waals surface area contributed by atoms with Crippen molar-refractivity contribution in [1.29, 1.82) is 0 Å². The summed E-state index contributed by atoms with van der Waals surface area (Å²) < 4.78 is 2.30. The number of aryl methyl sites for hydroxylation is 1. The van der Waals surface area contributed by atoms with Gasteiger partial charge < -0.3 is 9.88 Å². The first kappa shape index (κ1) is 14.6. The van der Waals surface area contributed by atoms with E-state index in [2.05, 4.69) is 47.0 Å². The lowest BCUT2D eigenvalue weighted by atomic mass is 9.96. The SMILES string of the molecule is Cc1ccc(CC(C)n2ccnc2NC2CCCCC2)s1. The molecule has 21 heavy (non-hydrogen) atoms. The van der Waals surface area contributed by atoms with Crippen LogP contribution in [-0.2, 0) is 6.42 Å². The molecule has 1 aliphatic rings. The Labute approximate surface area is 131 Å². The third-order valence-corrected chi connectivity index (χ3v) is 5.40. The van der Waals surface area contributed by atoms with Gasteiger partial charge in [0.05, 0.1) is 0 Å². The van der Waals surface area contributed by atoms with Gasteiger partial charge in [-0.05, 0) is 38.8 Å². The molecule has 1 fully saturated rings. The second-order valence-electron chi connectivity index (χ2n) is 6.20. The van der Waals surface area contributed by atoms with Crippen LogP contribution in [0, 0.1) is 6.92 Å². The first-order chi connectivity index (χ1) is 10.2. The number of nitrogens with zero attached hydrogens (tertiary/aromatic N) is 2. The average molecular weight is 303 g/mol. The quantitative estimate of drug-likeness (QED) is 0.859. The van der Waals surface area contributed by atoms with E-state index in [9.17, 15) is 0 Å². The fourth-order valence-corrected chi connectivity index (χ4v) is 4.20. The molecule has 1 N–H and O–H groups in total. The molecule has 1 saturated carbocycles. The molecule has 2 heterocycles. The highest BCUT2D eigenvalue weighted by Gasteiger charge is 2.17. The standard InChI is InChI=1S/C17H25N3S/c1-13(12-16-9-8-14(2)21-16)20-11-10-18-17(20)19-15-6-4-3-5-7-15/h8-11,13,15H,3-7,12H2,1-2H3,(H,18,19). The van der Waals surface area contributed by atoms with Crippen LogP contribution in [0.3, 0.4) is 0 Å². The second-order valence-corrected chi connectivity index (χ2v) is 7.58. The zero-order chi connectivity index (χ0) is 14.7. The van der Waals surface area contributed by atoms with Crippen molar-refractivity contribution in [2.24, 2.45) is 0 Å². The summed E-state index contributed by atoms with van der Waals surface area (Å²) in [5.41, 5.74) is 0. The maximum Gasteiger partial charge on any atom is 0.203 e. The monoisotopic (exact) mass is 303 g/mol. The van der Waals surface area contributed by atoms with Crippen molar-refractivity contribution < 1.29 is 0 Å². The fourth-order valence-electron chi connectivity index (χ4n) is 3.19. The van der Waals surface area contributed by atoms with Gasteiger partial charge in [0.1, 0.15) is 0 Å². The van der Waals surface area contributed by atoms with Crippen molar-refractivity contribution in [2.75, 3.05) is 5.32 Å². The molecule has 0 bridgehead atoms. The fraction of sp³-hybridized carbons (Fsp3) is 0.588. The van der Waals surface area contributed by atoms with Gasteiger partial charge in [0, 0.05) is 40.7 Å². The molecule has 0 spiro atoms. The molecule has 2 aromatic rings. The van der Waals surface area contributed by atoms with Crippen LogP contribution in [0.4, 0.5) is 5.95 Å². The number of aromatic nitrogens is 2. The van der Waals surface area contributed by atoms with Crippen molar-refractivity contribution in [3.63, 3.8) is 0 Å². The van der Waals surface area contributed by atoms with Crippen molar-refractivity contribution >= 4 is 17.3 Å². The number of anilines is 1. The number of rotatable bonds is 5. The van der Waals surface area contributed by atoms with Crippen molar-refractivity contribution in [3.8, 4) is 0 Å². The van der Waals surface area contributed by atoms with Crippen LogP contribution >= 0.6 is 11.3 Å². The van der Waals surface area contributed by atoms with E-state index in [4.69, 9.17) is 0 Å². The van der Waals surface area contributed by atoms with Crippen LogP contribution < -0.4 is 5.32 Å². The molecular formula is C17H25N3S. The van der Waals surface area contributed by atoms with Crippen LogP contribution in [0.2, 0.25) is 0 Å². The Kier molecular flexibility index (Phi) is 4.63. The molecule has 2 aromatic heterocycles. The topological polar surface area (TPSA) is 29.9 Å². The Morgan fingerprint density at radius 2 is 2.14 bits per heavy atom. The second kappa shape index (κ2) is 6.65. The Morgan fingerprint density at radius 1 is 1.33 bits per heavy atom. The average Bonchev–Trinajstić information content (AvgIpc) is 3.09. The summed E-state index contributed by atoms with van der Waals surface area (Å²) in [5, 5.41) is 3.66. The number of thiophene rings is 1. The first-order valence-corrected chi connectivity index (χ1v) is 8.88. The Balaban J connectivity index is 1.66. The maximum atomic E-state index is 4.53. The van der Waals surface area contributed by atoms with Gasteiger partial charge in [-0.2, -0.15) is 0 Å². The van der Waals surface area contributed by atoms with Gasteiger partial charge in [0.25, 0.3) is 0 Å². The summed E-state index contributed by atoms with van der Waals surface area (Å²) in [6.07, 6.45) is 11.8. The minimum absolute atomic E-state index is 0.441. The summed E-state index contributed by atoms with van der Waals surface area (Å²) in [7, 11) is 0. The molecule has 0 amide bonds.